The fourth-order valence-electron chi connectivity index (χ4n) is 0. The number of aliphatic hydroxyl groups excluding tert-OH is 1. The monoisotopic (exact) mass is 174 g/mol. The van der Waals surface area contributed by atoms with Crippen LogP contribution >= 0.6 is 0 Å². The fourth-order valence-corrected chi connectivity index (χ4v) is 0. The first-order valence-electron chi connectivity index (χ1n) is 1.11. The standard InChI is InChI=1S/CH4O.2Na.H2O4S/c1-2;;;1-5(2,3)4/h2H,1H3;;;(H2,1,2,3,4)/q;2*+1;/p-2. The maximum absolute atomic E-state index is 8.52. The Hall–Kier alpha value is 1.83. The number of hydrogen-bond donors (Lipinski definition) is 1. The zero-order valence-electron chi connectivity index (χ0n) is 5.49. The quantitative estimate of drug-likeness (QED) is 0.223. The van der Waals surface area contributed by atoms with Crippen molar-refractivity contribution in [1.82, 2.24) is 0 Å². The summed E-state index contributed by atoms with van der Waals surface area (Å²) in [6.07, 6.45) is 0. The van der Waals surface area contributed by atoms with Gasteiger partial charge in [-0.15, -0.1) is 0 Å². The molecule has 0 amide bonds. The van der Waals surface area contributed by atoms with Gasteiger partial charge in [0.15, 0.2) is 0 Å². The second-order valence-corrected chi connectivity index (χ2v) is 1.22. The minimum atomic E-state index is -5.17. The van der Waals surface area contributed by atoms with Crippen molar-refractivity contribution >= 4 is 10.4 Å². The topological polar surface area (TPSA) is 100 Å². The molecular weight excluding hydrogens is 170 g/mol. The molecule has 5 nitrogen and oxygen atoms in total. The van der Waals surface area contributed by atoms with Crippen LogP contribution in [-0.4, -0.2) is 29.7 Å². The molecule has 0 aromatic rings. The van der Waals surface area contributed by atoms with Crippen molar-refractivity contribution in [2.45, 2.75) is 0 Å². The van der Waals surface area contributed by atoms with Crippen molar-refractivity contribution in [3.05, 3.63) is 0 Å². The van der Waals surface area contributed by atoms with Gasteiger partial charge in [-0.2, -0.15) is 0 Å². The summed E-state index contributed by atoms with van der Waals surface area (Å²) in [6, 6.07) is 0. The van der Waals surface area contributed by atoms with Crippen molar-refractivity contribution in [1.29, 1.82) is 0 Å². The number of aliphatic hydroxyl groups is 1. The molecule has 0 aliphatic rings. The molecule has 0 unspecified atom stereocenters. The van der Waals surface area contributed by atoms with Gasteiger partial charge in [0.1, 0.15) is 0 Å². The van der Waals surface area contributed by atoms with E-state index in [1.54, 1.807) is 0 Å². The summed E-state index contributed by atoms with van der Waals surface area (Å²) in [5.41, 5.74) is 0. The van der Waals surface area contributed by atoms with Crippen molar-refractivity contribution in [3.8, 4) is 0 Å². The minimum Gasteiger partial charge on any atom is -0.759 e. The molecule has 0 heterocycles. The third kappa shape index (κ3) is 180. The van der Waals surface area contributed by atoms with Gasteiger partial charge in [0.2, 0.25) is 0 Å². The van der Waals surface area contributed by atoms with Crippen LogP contribution in [0.1, 0.15) is 0 Å². The summed E-state index contributed by atoms with van der Waals surface area (Å²) in [5.74, 6) is 0. The normalized spacial score (nSPS) is 7.11. The Labute approximate surface area is 98.0 Å². The molecule has 0 rings (SSSR count). The van der Waals surface area contributed by atoms with E-state index < -0.39 is 10.4 Å². The molecule has 0 saturated carbocycles. The first-order chi connectivity index (χ1) is 3.00. The molecule has 0 aliphatic carbocycles. The Morgan fingerprint density at radius 2 is 1.11 bits per heavy atom. The van der Waals surface area contributed by atoms with Crippen molar-refractivity contribution in [2.75, 3.05) is 7.11 Å². The number of hydrogen-bond acceptors (Lipinski definition) is 5. The van der Waals surface area contributed by atoms with Gasteiger partial charge in [-0.3, -0.25) is 8.42 Å². The molecule has 0 atom stereocenters. The van der Waals surface area contributed by atoms with E-state index >= 15 is 0 Å². The van der Waals surface area contributed by atoms with Gasteiger partial charge in [0.05, 0.1) is 0 Å². The molecule has 0 aliphatic heterocycles. The zero-order valence-corrected chi connectivity index (χ0v) is 10.3. The van der Waals surface area contributed by atoms with Crippen molar-refractivity contribution in [2.24, 2.45) is 0 Å². The van der Waals surface area contributed by atoms with Crippen LogP contribution in [-0.2, 0) is 10.4 Å². The first-order valence-corrected chi connectivity index (χ1v) is 2.45. The van der Waals surface area contributed by atoms with E-state index in [0.29, 0.717) is 0 Å². The van der Waals surface area contributed by atoms with Gasteiger partial charge in [-0.1, -0.05) is 0 Å². The minimum absolute atomic E-state index is 0. The van der Waals surface area contributed by atoms with Crippen LogP contribution in [0.4, 0.5) is 0 Å². The predicted octanol–water partition coefficient (Wildman–Crippen LogP) is -7.72. The van der Waals surface area contributed by atoms with Crippen molar-refractivity contribution < 1.29 is 81.7 Å². The molecule has 0 saturated heterocycles. The fraction of sp³-hybridized carbons (Fsp3) is 1.00. The third-order valence-electron chi connectivity index (χ3n) is 0. The van der Waals surface area contributed by atoms with Gasteiger partial charge >= 0.3 is 59.1 Å². The predicted molar refractivity (Wildman–Crippen MR) is 18.6 cm³/mol. The average molecular weight is 174 g/mol. The van der Waals surface area contributed by atoms with Gasteiger partial charge < -0.3 is 14.2 Å². The summed E-state index contributed by atoms with van der Waals surface area (Å²) in [5, 5.41) is 7.00. The van der Waals surface area contributed by atoms with E-state index in [-0.39, 0.29) is 59.1 Å². The smallest absolute Gasteiger partial charge is 0.759 e. The van der Waals surface area contributed by atoms with Crippen LogP contribution in [0.25, 0.3) is 0 Å². The Morgan fingerprint density at radius 3 is 1.11 bits per heavy atom. The largest absolute Gasteiger partial charge is 1.00 e. The van der Waals surface area contributed by atoms with E-state index in [1.807, 2.05) is 0 Å². The third-order valence-corrected chi connectivity index (χ3v) is 0. The van der Waals surface area contributed by atoms with Crippen LogP contribution in [0.3, 0.4) is 0 Å². The van der Waals surface area contributed by atoms with Crippen LogP contribution in [0.15, 0.2) is 0 Å². The first kappa shape index (κ1) is 22.4. The molecule has 9 heavy (non-hydrogen) atoms. The molecule has 46 valence electrons. The van der Waals surface area contributed by atoms with Crippen LogP contribution < -0.4 is 59.1 Å². The maximum atomic E-state index is 8.52. The Morgan fingerprint density at radius 1 is 1.11 bits per heavy atom. The molecule has 0 fully saturated rings. The van der Waals surface area contributed by atoms with Gasteiger partial charge in [-0.05, 0) is 0 Å². The Balaban J connectivity index is -0.0000000286. The maximum Gasteiger partial charge on any atom is 1.00 e. The van der Waals surface area contributed by atoms with E-state index in [1.165, 1.54) is 0 Å². The second-order valence-electron chi connectivity index (χ2n) is 0.408. The summed E-state index contributed by atoms with van der Waals surface area (Å²) in [4.78, 5) is 0. The molecule has 0 aromatic carbocycles. The number of rotatable bonds is 0. The second kappa shape index (κ2) is 12.5. The van der Waals surface area contributed by atoms with Crippen molar-refractivity contribution in [3.63, 3.8) is 0 Å². The molecule has 0 aromatic heterocycles. The van der Waals surface area contributed by atoms with Gasteiger partial charge in [-0.25, -0.2) is 0 Å². The van der Waals surface area contributed by atoms with Gasteiger partial charge in [0, 0.05) is 17.5 Å². The van der Waals surface area contributed by atoms with Crippen LogP contribution in [0, 0.1) is 0 Å². The SMILES string of the molecule is CO.O=S(=O)([O-])[O-].[Na+].[Na+]. The van der Waals surface area contributed by atoms with E-state index in [9.17, 15) is 0 Å². The molecule has 0 spiro atoms. The molecule has 8 heteroatoms. The van der Waals surface area contributed by atoms with E-state index in [2.05, 4.69) is 0 Å². The summed E-state index contributed by atoms with van der Waals surface area (Å²) in [7, 11) is -4.17. The molecule has 0 radical (unpaired) electrons. The Kier molecular flexibility index (Phi) is 31.2. The molecule has 0 bridgehead atoms. The Bertz CT molecular complexity index is 98.1. The average Bonchev–Trinajstić information content (AvgIpc) is 1.36. The van der Waals surface area contributed by atoms with Gasteiger partial charge in [0.25, 0.3) is 0 Å². The summed E-state index contributed by atoms with van der Waals surface area (Å²) < 4.78 is 34.1. The summed E-state index contributed by atoms with van der Waals surface area (Å²) in [6.45, 7) is 0. The molecule has 1 N–H and O–H groups in total. The van der Waals surface area contributed by atoms with Crippen LogP contribution in [0.2, 0.25) is 0 Å². The van der Waals surface area contributed by atoms with E-state index in [4.69, 9.17) is 22.6 Å². The molecular formula is CH4Na2O5S. The summed E-state index contributed by atoms with van der Waals surface area (Å²) >= 11 is 0. The van der Waals surface area contributed by atoms with Crippen LogP contribution in [0.5, 0.6) is 0 Å². The zero-order chi connectivity index (χ0) is 6.50. The van der Waals surface area contributed by atoms with E-state index in [0.717, 1.165) is 7.11 Å².